The van der Waals surface area contributed by atoms with Gasteiger partial charge >= 0.3 is 0 Å². The minimum atomic E-state index is -2.93. The Kier molecular flexibility index (Phi) is 8.92. The lowest BCUT2D eigenvalue weighted by Gasteiger charge is -2.28. The van der Waals surface area contributed by atoms with Crippen molar-refractivity contribution >= 4 is 20.0 Å². The average molecular weight is 518 g/mol. The minimum Gasteiger partial charge on any atom is -0.396 e. The number of carbonyl (C=O) groups excluding carboxylic acids is 1. The van der Waals surface area contributed by atoms with Crippen molar-refractivity contribution < 1.29 is 18.7 Å². The second-order valence-electron chi connectivity index (χ2n) is 10.8. The number of nitrogens with zero attached hydrogens (tertiary/aromatic N) is 3. The maximum Gasteiger partial charge on any atom is 0.246 e. The van der Waals surface area contributed by atoms with Crippen molar-refractivity contribution in [1.82, 2.24) is 20.3 Å². The van der Waals surface area contributed by atoms with Crippen LogP contribution in [0, 0.1) is 5.92 Å². The zero-order valence-corrected chi connectivity index (χ0v) is 22.6. The number of benzene rings is 1. The molecule has 2 saturated heterocycles. The molecule has 0 bridgehead atoms. The molecule has 0 saturated carbocycles. The molecule has 5 atom stereocenters. The van der Waals surface area contributed by atoms with Crippen LogP contribution in [0.1, 0.15) is 43.9 Å². The lowest BCUT2D eigenvalue weighted by atomic mass is 9.95. The first-order chi connectivity index (χ1) is 17.2. The zero-order valence-electron chi connectivity index (χ0n) is 21.6. The Bertz CT molecular complexity index is 990. The topological polar surface area (TPSA) is 101 Å². The molecule has 1 aromatic heterocycles. The first kappa shape index (κ1) is 26.9. The standard InChI is InChI=1S/C26H40FN5O3Si/c1-18-23(11-8-19-6-9-20(10-7-19)29-26(34)22-5-4-14-28-22)35-24(25(18)36(2,3)27)12-15-32-17-21(13-16-33)30-31-32/h6-7,9-10,17-18,22-25,28,33H,4-5,8,11-16H2,1-3H3,(H,29,34)/t18-,22+,23+,24-,25+/m0/s1. The van der Waals surface area contributed by atoms with E-state index in [1.165, 1.54) is 5.56 Å². The lowest BCUT2D eigenvalue weighted by molar-refractivity contribution is -0.117. The number of nitrogens with one attached hydrogen (secondary N) is 2. The Morgan fingerprint density at radius 3 is 2.69 bits per heavy atom. The fourth-order valence-electron chi connectivity index (χ4n) is 5.79. The second kappa shape index (κ2) is 11.9. The third kappa shape index (κ3) is 6.79. The first-order valence-electron chi connectivity index (χ1n) is 13.2. The molecule has 4 rings (SSSR count). The Hall–Kier alpha value is -2.14. The summed E-state index contributed by atoms with van der Waals surface area (Å²) in [6, 6.07) is 7.91. The number of aliphatic hydroxyl groups excluding tert-OH is 1. The number of ether oxygens (including phenoxy) is 1. The Balaban J connectivity index is 1.31. The molecule has 198 valence electrons. The van der Waals surface area contributed by atoms with Gasteiger partial charge in [-0.1, -0.05) is 24.3 Å². The van der Waals surface area contributed by atoms with E-state index in [0.29, 0.717) is 19.4 Å². The maximum absolute atomic E-state index is 15.4. The van der Waals surface area contributed by atoms with Gasteiger partial charge in [-0.05, 0) is 75.4 Å². The third-order valence-electron chi connectivity index (χ3n) is 7.61. The van der Waals surface area contributed by atoms with E-state index in [4.69, 9.17) is 9.84 Å². The first-order valence-corrected chi connectivity index (χ1v) is 16.2. The van der Waals surface area contributed by atoms with Gasteiger partial charge in [0.2, 0.25) is 14.3 Å². The number of amides is 1. The van der Waals surface area contributed by atoms with Gasteiger partial charge in [0.05, 0.1) is 23.9 Å². The molecule has 3 N–H and O–H groups in total. The summed E-state index contributed by atoms with van der Waals surface area (Å²) in [5, 5.41) is 23.5. The molecule has 2 aromatic rings. The molecule has 0 spiro atoms. The SMILES string of the molecule is C[C@@H]1[C@@H]([Si](C)(C)F)[C@H](CCn2cc(CCO)nn2)O[C@@H]1CCc1ccc(NC(=O)[C@H]2CCCN2)cc1. The van der Waals surface area contributed by atoms with E-state index >= 15 is 4.11 Å². The van der Waals surface area contributed by atoms with Crippen LogP contribution in [0.2, 0.25) is 18.6 Å². The number of carbonyl (C=O) groups is 1. The maximum atomic E-state index is 15.4. The molecule has 1 amide bonds. The van der Waals surface area contributed by atoms with Gasteiger partial charge in [0.1, 0.15) is 0 Å². The van der Waals surface area contributed by atoms with E-state index in [0.717, 1.165) is 43.6 Å². The second-order valence-corrected chi connectivity index (χ2v) is 14.6. The highest BCUT2D eigenvalue weighted by Gasteiger charge is 2.50. The van der Waals surface area contributed by atoms with Crippen LogP contribution in [0.25, 0.3) is 0 Å². The van der Waals surface area contributed by atoms with Gasteiger partial charge in [0, 0.05) is 37.0 Å². The van der Waals surface area contributed by atoms with Crippen molar-refractivity contribution in [3.05, 3.63) is 41.7 Å². The van der Waals surface area contributed by atoms with Crippen LogP contribution < -0.4 is 10.6 Å². The van der Waals surface area contributed by atoms with Crippen LogP contribution in [0.15, 0.2) is 30.5 Å². The van der Waals surface area contributed by atoms with Crippen LogP contribution in [0.5, 0.6) is 0 Å². The summed E-state index contributed by atoms with van der Waals surface area (Å²) < 4.78 is 23.6. The van der Waals surface area contributed by atoms with Gasteiger partial charge in [-0.25, -0.2) is 0 Å². The predicted octanol–water partition coefficient (Wildman–Crippen LogP) is 3.47. The molecule has 0 unspecified atom stereocenters. The van der Waals surface area contributed by atoms with Crippen molar-refractivity contribution in [2.75, 3.05) is 18.5 Å². The summed E-state index contributed by atoms with van der Waals surface area (Å²) >= 11 is 0. The molecular formula is C26H40FN5O3Si. The van der Waals surface area contributed by atoms with Gasteiger partial charge in [-0.15, -0.1) is 5.10 Å². The molecule has 1 aromatic carbocycles. The molecule has 36 heavy (non-hydrogen) atoms. The quantitative estimate of drug-likeness (QED) is 0.312. The van der Waals surface area contributed by atoms with E-state index in [-0.39, 0.29) is 42.2 Å². The van der Waals surface area contributed by atoms with Crippen LogP contribution in [-0.4, -0.2) is 65.8 Å². The highest BCUT2D eigenvalue weighted by molar-refractivity contribution is 6.72. The Morgan fingerprint density at radius 2 is 2.03 bits per heavy atom. The third-order valence-corrected chi connectivity index (χ3v) is 10.1. The van der Waals surface area contributed by atoms with Crippen molar-refractivity contribution in [3.63, 3.8) is 0 Å². The summed E-state index contributed by atoms with van der Waals surface area (Å²) in [6.07, 6.45) is 6.49. The molecule has 3 heterocycles. The molecule has 10 heteroatoms. The van der Waals surface area contributed by atoms with Crippen LogP contribution in [0.4, 0.5) is 9.80 Å². The Labute approximate surface area is 214 Å². The van der Waals surface area contributed by atoms with Crippen molar-refractivity contribution in [3.8, 4) is 0 Å². The van der Waals surface area contributed by atoms with Crippen molar-refractivity contribution in [1.29, 1.82) is 0 Å². The monoisotopic (exact) mass is 517 g/mol. The highest BCUT2D eigenvalue weighted by Crippen LogP contribution is 2.47. The average Bonchev–Trinajstić information content (AvgIpc) is 3.58. The van der Waals surface area contributed by atoms with Gasteiger partial charge in [-0.2, -0.15) is 0 Å². The van der Waals surface area contributed by atoms with Gasteiger partial charge in [0.15, 0.2) is 0 Å². The largest absolute Gasteiger partial charge is 0.396 e. The lowest BCUT2D eigenvalue weighted by Crippen LogP contribution is -2.36. The Morgan fingerprint density at radius 1 is 1.25 bits per heavy atom. The van der Waals surface area contributed by atoms with Crippen molar-refractivity contribution in [2.45, 2.75) is 88.9 Å². The smallest absolute Gasteiger partial charge is 0.246 e. The van der Waals surface area contributed by atoms with Gasteiger partial charge < -0.3 is 24.6 Å². The number of anilines is 1. The number of hydrogen-bond donors (Lipinski definition) is 3. The van der Waals surface area contributed by atoms with E-state index in [1.807, 2.05) is 18.3 Å². The van der Waals surface area contributed by atoms with Crippen LogP contribution >= 0.6 is 0 Å². The molecule has 0 aliphatic carbocycles. The number of rotatable bonds is 11. The normalized spacial score (nSPS) is 26.4. The van der Waals surface area contributed by atoms with E-state index in [9.17, 15) is 4.79 Å². The van der Waals surface area contributed by atoms with Gasteiger partial charge in [-0.3, -0.25) is 9.48 Å². The number of aliphatic hydroxyl groups is 1. The summed E-state index contributed by atoms with van der Waals surface area (Å²) in [5.74, 6) is 0.180. The van der Waals surface area contributed by atoms with Gasteiger partial charge in [0.25, 0.3) is 0 Å². The van der Waals surface area contributed by atoms with Crippen LogP contribution in [0.3, 0.4) is 0 Å². The predicted molar refractivity (Wildman–Crippen MR) is 140 cm³/mol. The molecule has 2 aliphatic heterocycles. The molecule has 0 radical (unpaired) electrons. The molecule has 8 nitrogen and oxygen atoms in total. The van der Waals surface area contributed by atoms with E-state index < -0.39 is 8.41 Å². The van der Waals surface area contributed by atoms with Crippen LogP contribution in [-0.2, 0) is 28.9 Å². The summed E-state index contributed by atoms with van der Waals surface area (Å²) in [6.45, 7) is 7.27. The molecule has 2 aliphatic rings. The molecular weight excluding hydrogens is 477 g/mol. The van der Waals surface area contributed by atoms with E-state index in [2.05, 4.69) is 40.0 Å². The highest BCUT2D eigenvalue weighted by atomic mass is 28.4. The summed E-state index contributed by atoms with van der Waals surface area (Å²) in [5.41, 5.74) is 2.68. The fourth-order valence-corrected chi connectivity index (χ4v) is 8.38. The number of halogens is 1. The summed E-state index contributed by atoms with van der Waals surface area (Å²) in [7, 11) is -2.93. The minimum absolute atomic E-state index is 0.0102. The number of hydrogen-bond acceptors (Lipinski definition) is 6. The van der Waals surface area contributed by atoms with Crippen molar-refractivity contribution in [2.24, 2.45) is 5.92 Å². The number of aryl methyl sites for hydroxylation is 2. The fraction of sp³-hybridized carbons (Fsp3) is 0.654. The van der Waals surface area contributed by atoms with E-state index in [1.54, 1.807) is 17.8 Å². The summed E-state index contributed by atoms with van der Waals surface area (Å²) in [4.78, 5) is 12.3. The number of aromatic nitrogens is 3. The zero-order chi connectivity index (χ0) is 25.7. The molecule has 2 fully saturated rings.